The first-order chi connectivity index (χ1) is 24.0. The van der Waals surface area contributed by atoms with Crippen LogP contribution in [0.15, 0.2) is 72.9 Å². The third kappa shape index (κ3) is 36.0. The molecule has 1 atom stereocenters. The molecular formula is C43H70O6. The maximum Gasteiger partial charge on any atom is 0.306 e. The highest BCUT2D eigenvalue weighted by molar-refractivity contribution is 5.71. The van der Waals surface area contributed by atoms with Crippen LogP contribution >= 0.6 is 0 Å². The molecule has 49 heavy (non-hydrogen) atoms. The van der Waals surface area contributed by atoms with Crippen LogP contribution in [0, 0.1) is 0 Å². The Balaban J connectivity index is 4.51. The van der Waals surface area contributed by atoms with Gasteiger partial charge in [-0.05, 0) is 96.3 Å². The molecule has 0 aromatic rings. The molecule has 0 N–H and O–H groups in total. The van der Waals surface area contributed by atoms with Gasteiger partial charge in [-0.1, -0.05) is 119 Å². The van der Waals surface area contributed by atoms with Gasteiger partial charge in [0.05, 0.1) is 0 Å². The van der Waals surface area contributed by atoms with Gasteiger partial charge in [0.25, 0.3) is 0 Å². The van der Waals surface area contributed by atoms with Gasteiger partial charge in [0.2, 0.25) is 0 Å². The molecule has 6 nitrogen and oxygen atoms in total. The van der Waals surface area contributed by atoms with E-state index < -0.39 is 6.10 Å². The summed E-state index contributed by atoms with van der Waals surface area (Å²) in [5.74, 6) is -1.01. The standard InChI is InChI=1S/C43H70O6/c1-4-7-10-13-16-19-21-22-25-27-30-33-36-42(45)48-39-40(38-47-41(44)35-32-29-26-23-18-15-12-9-6-3)49-43(46)37-34-31-28-24-20-17-14-11-8-5-2/h7,9-10,12,14,16-19,22-23,25,40H,4-6,8,11,13,15,20-21,24,26-39H2,1-3H3/b10-7-,12-9-,17-14-,19-16-,23-18-,25-22-. The third-order valence-electron chi connectivity index (χ3n) is 7.68. The van der Waals surface area contributed by atoms with Crippen molar-refractivity contribution in [3.05, 3.63) is 72.9 Å². The summed E-state index contributed by atoms with van der Waals surface area (Å²) in [7, 11) is 0. The van der Waals surface area contributed by atoms with Gasteiger partial charge < -0.3 is 14.2 Å². The monoisotopic (exact) mass is 683 g/mol. The summed E-state index contributed by atoms with van der Waals surface area (Å²) < 4.78 is 16.5. The van der Waals surface area contributed by atoms with Gasteiger partial charge in [-0.3, -0.25) is 14.4 Å². The van der Waals surface area contributed by atoms with Crippen molar-refractivity contribution in [2.45, 2.75) is 168 Å². The van der Waals surface area contributed by atoms with Crippen LogP contribution < -0.4 is 0 Å². The number of hydrogen-bond donors (Lipinski definition) is 0. The second-order valence-corrected chi connectivity index (χ2v) is 12.4. The van der Waals surface area contributed by atoms with E-state index in [1.807, 2.05) is 0 Å². The number of esters is 3. The largest absolute Gasteiger partial charge is 0.462 e. The zero-order valence-electron chi connectivity index (χ0n) is 31.4. The van der Waals surface area contributed by atoms with E-state index in [0.29, 0.717) is 19.3 Å². The Kier molecular flexibility index (Phi) is 35.2. The minimum atomic E-state index is -0.804. The molecule has 0 aromatic heterocycles. The summed E-state index contributed by atoms with van der Waals surface area (Å²) in [6.07, 6.45) is 44.8. The van der Waals surface area contributed by atoms with Gasteiger partial charge in [-0.15, -0.1) is 0 Å². The van der Waals surface area contributed by atoms with Crippen LogP contribution in [0.4, 0.5) is 0 Å². The molecular weight excluding hydrogens is 612 g/mol. The van der Waals surface area contributed by atoms with Crippen LogP contribution in [-0.4, -0.2) is 37.2 Å². The zero-order valence-corrected chi connectivity index (χ0v) is 31.4. The second-order valence-electron chi connectivity index (χ2n) is 12.4. The molecule has 0 radical (unpaired) electrons. The molecule has 1 unspecified atom stereocenters. The number of ether oxygens (including phenoxy) is 3. The molecule has 6 heteroatoms. The Morgan fingerprint density at radius 2 is 0.796 bits per heavy atom. The second kappa shape index (κ2) is 37.7. The molecule has 0 saturated heterocycles. The Morgan fingerprint density at radius 3 is 1.29 bits per heavy atom. The topological polar surface area (TPSA) is 78.9 Å². The van der Waals surface area contributed by atoms with Crippen molar-refractivity contribution in [3.8, 4) is 0 Å². The number of unbranched alkanes of at least 4 members (excludes halogenated alkanes) is 10. The lowest BCUT2D eigenvalue weighted by atomic mass is 10.1. The average Bonchev–Trinajstić information content (AvgIpc) is 3.10. The SMILES string of the molecule is CC/C=C\C/C=C\C/C=C\CCCCC(=O)OCC(COC(=O)CCCC/C=C\C/C=C\CC)OC(=O)CCCCCC/C=C\CCCC. The first-order valence-corrected chi connectivity index (χ1v) is 19.4. The molecule has 0 aliphatic heterocycles. The van der Waals surface area contributed by atoms with E-state index in [4.69, 9.17) is 14.2 Å². The molecule has 0 saturated carbocycles. The smallest absolute Gasteiger partial charge is 0.306 e. The molecule has 0 rings (SSSR count). The van der Waals surface area contributed by atoms with Gasteiger partial charge in [0.1, 0.15) is 13.2 Å². The van der Waals surface area contributed by atoms with Crippen molar-refractivity contribution in [1.82, 2.24) is 0 Å². The molecule has 0 bridgehead atoms. The van der Waals surface area contributed by atoms with Crippen LogP contribution in [-0.2, 0) is 28.6 Å². The van der Waals surface area contributed by atoms with Crippen LogP contribution in [0.5, 0.6) is 0 Å². The fourth-order valence-corrected chi connectivity index (χ4v) is 4.76. The predicted octanol–water partition coefficient (Wildman–Crippen LogP) is 12.0. The lowest BCUT2D eigenvalue weighted by molar-refractivity contribution is -0.167. The summed E-state index contributed by atoms with van der Waals surface area (Å²) >= 11 is 0. The quantitative estimate of drug-likeness (QED) is 0.0297. The normalized spacial score (nSPS) is 12.8. The number of carbonyl (C=O) groups excluding carboxylic acids is 3. The van der Waals surface area contributed by atoms with Crippen molar-refractivity contribution in [2.75, 3.05) is 13.2 Å². The van der Waals surface area contributed by atoms with Crippen LogP contribution in [0.3, 0.4) is 0 Å². The van der Waals surface area contributed by atoms with E-state index >= 15 is 0 Å². The summed E-state index contributed by atoms with van der Waals surface area (Å²) in [5, 5.41) is 0. The summed E-state index contributed by atoms with van der Waals surface area (Å²) in [4.78, 5) is 37.4. The molecule has 0 aliphatic rings. The van der Waals surface area contributed by atoms with Crippen LogP contribution in [0.1, 0.15) is 162 Å². The molecule has 0 heterocycles. The highest BCUT2D eigenvalue weighted by Crippen LogP contribution is 2.11. The minimum absolute atomic E-state index is 0.111. The van der Waals surface area contributed by atoms with E-state index in [-0.39, 0.29) is 31.1 Å². The number of carbonyl (C=O) groups is 3. The van der Waals surface area contributed by atoms with Crippen molar-refractivity contribution < 1.29 is 28.6 Å². The molecule has 0 fully saturated rings. The van der Waals surface area contributed by atoms with E-state index in [0.717, 1.165) is 109 Å². The van der Waals surface area contributed by atoms with Gasteiger partial charge in [-0.2, -0.15) is 0 Å². The minimum Gasteiger partial charge on any atom is -0.462 e. The Morgan fingerprint density at radius 1 is 0.429 bits per heavy atom. The Hall–Kier alpha value is -3.15. The van der Waals surface area contributed by atoms with Crippen LogP contribution in [0.2, 0.25) is 0 Å². The average molecular weight is 683 g/mol. The van der Waals surface area contributed by atoms with E-state index in [1.165, 1.54) is 12.8 Å². The molecule has 0 spiro atoms. The summed E-state index contributed by atoms with van der Waals surface area (Å²) in [5.41, 5.74) is 0. The van der Waals surface area contributed by atoms with Crippen molar-refractivity contribution in [3.63, 3.8) is 0 Å². The number of allylic oxidation sites excluding steroid dienone is 12. The zero-order chi connectivity index (χ0) is 35.9. The maximum absolute atomic E-state index is 12.6. The first kappa shape index (κ1) is 45.9. The van der Waals surface area contributed by atoms with Crippen LogP contribution in [0.25, 0.3) is 0 Å². The third-order valence-corrected chi connectivity index (χ3v) is 7.68. The predicted molar refractivity (Wildman–Crippen MR) is 205 cm³/mol. The Bertz CT molecular complexity index is 971. The van der Waals surface area contributed by atoms with E-state index in [2.05, 4.69) is 93.7 Å². The van der Waals surface area contributed by atoms with Crippen molar-refractivity contribution >= 4 is 17.9 Å². The first-order valence-electron chi connectivity index (χ1n) is 19.4. The highest BCUT2D eigenvalue weighted by atomic mass is 16.6. The number of hydrogen-bond acceptors (Lipinski definition) is 6. The lowest BCUT2D eigenvalue weighted by Crippen LogP contribution is -2.30. The maximum atomic E-state index is 12.6. The van der Waals surface area contributed by atoms with Gasteiger partial charge in [-0.25, -0.2) is 0 Å². The summed E-state index contributed by atoms with van der Waals surface area (Å²) in [6, 6.07) is 0. The van der Waals surface area contributed by atoms with E-state index in [9.17, 15) is 14.4 Å². The van der Waals surface area contributed by atoms with Crippen molar-refractivity contribution in [2.24, 2.45) is 0 Å². The fraction of sp³-hybridized carbons (Fsp3) is 0.651. The molecule has 0 aromatic carbocycles. The molecule has 278 valence electrons. The van der Waals surface area contributed by atoms with E-state index in [1.54, 1.807) is 0 Å². The molecule has 0 aliphatic carbocycles. The number of rotatable bonds is 33. The molecule has 0 amide bonds. The Labute approximate surface area is 300 Å². The summed E-state index contributed by atoms with van der Waals surface area (Å²) in [6.45, 7) is 6.23. The van der Waals surface area contributed by atoms with Gasteiger partial charge in [0, 0.05) is 19.3 Å². The lowest BCUT2D eigenvalue weighted by Gasteiger charge is -2.18. The van der Waals surface area contributed by atoms with Gasteiger partial charge in [0.15, 0.2) is 6.10 Å². The van der Waals surface area contributed by atoms with Crippen molar-refractivity contribution in [1.29, 1.82) is 0 Å². The van der Waals surface area contributed by atoms with Gasteiger partial charge >= 0.3 is 17.9 Å². The highest BCUT2D eigenvalue weighted by Gasteiger charge is 2.19. The fourth-order valence-electron chi connectivity index (χ4n) is 4.76.